The van der Waals surface area contributed by atoms with E-state index in [4.69, 9.17) is 4.42 Å². The Hall–Kier alpha value is -3.08. The summed E-state index contributed by atoms with van der Waals surface area (Å²) in [6.45, 7) is 3.64. The zero-order valence-electron chi connectivity index (χ0n) is 14.7. The van der Waals surface area contributed by atoms with Crippen molar-refractivity contribution in [3.05, 3.63) is 66.6 Å². The van der Waals surface area contributed by atoms with Crippen LogP contribution >= 0.6 is 0 Å². The molecule has 0 spiro atoms. The Bertz CT molecular complexity index is 891. The lowest BCUT2D eigenvalue weighted by Crippen LogP contribution is -2.27. The molecule has 1 fully saturated rings. The van der Waals surface area contributed by atoms with Gasteiger partial charge in [-0.1, -0.05) is 24.3 Å². The van der Waals surface area contributed by atoms with Crippen molar-refractivity contribution in [1.29, 1.82) is 0 Å². The first-order chi connectivity index (χ1) is 12.7. The van der Waals surface area contributed by atoms with Gasteiger partial charge in [0.2, 0.25) is 11.8 Å². The normalized spacial score (nSPS) is 16.7. The second-order valence-corrected chi connectivity index (χ2v) is 6.62. The number of aryl methyl sites for hydroxylation is 1. The highest BCUT2D eigenvalue weighted by molar-refractivity contribution is 5.94. The van der Waals surface area contributed by atoms with E-state index in [0.29, 0.717) is 5.89 Å². The number of rotatable bonds is 4. The summed E-state index contributed by atoms with van der Waals surface area (Å²) in [6, 6.07) is 16.0. The van der Waals surface area contributed by atoms with Crippen LogP contribution < -0.4 is 10.2 Å². The van der Waals surface area contributed by atoms with E-state index in [2.05, 4.69) is 27.3 Å². The van der Waals surface area contributed by atoms with Crippen LogP contribution in [0.4, 0.5) is 11.4 Å². The van der Waals surface area contributed by atoms with Crippen molar-refractivity contribution in [3.8, 4) is 11.5 Å². The Morgan fingerprint density at radius 2 is 2.08 bits per heavy atom. The zero-order chi connectivity index (χ0) is 17.9. The first-order valence-corrected chi connectivity index (χ1v) is 8.82. The number of nitrogens with one attached hydrogen (secondary N) is 1. The second kappa shape index (κ2) is 7.04. The molecule has 1 atom stereocenters. The number of carbonyl (C=O) groups excluding carboxylic acids is 1. The molecule has 1 aliphatic rings. The molecule has 3 aromatic rings. The summed E-state index contributed by atoms with van der Waals surface area (Å²) >= 11 is 0. The van der Waals surface area contributed by atoms with Gasteiger partial charge in [0.25, 0.3) is 0 Å². The Morgan fingerprint density at radius 3 is 2.85 bits per heavy atom. The molecule has 0 saturated carbocycles. The van der Waals surface area contributed by atoms with E-state index in [1.807, 2.05) is 43.3 Å². The number of hydrogen-bond donors (Lipinski definition) is 1. The fourth-order valence-electron chi connectivity index (χ4n) is 3.38. The van der Waals surface area contributed by atoms with Gasteiger partial charge in [-0.25, -0.2) is 4.98 Å². The predicted octanol–water partition coefficient (Wildman–Crippen LogP) is 4.12. The molecule has 2 heterocycles. The van der Waals surface area contributed by atoms with Gasteiger partial charge < -0.3 is 14.6 Å². The molecule has 0 radical (unpaired) electrons. The number of oxazole rings is 1. The van der Waals surface area contributed by atoms with Crippen molar-refractivity contribution in [2.75, 3.05) is 23.3 Å². The Labute approximate surface area is 152 Å². The van der Waals surface area contributed by atoms with Crippen molar-refractivity contribution in [3.63, 3.8) is 0 Å². The molecule has 0 bridgehead atoms. The topological polar surface area (TPSA) is 58.4 Å². The summed E-state index contributed by atoms with van der Waals surface area (Å²) < 4.78 is 5.39. The van der Waals surface area contributed by atoms with Crippen molar-refractivity contribution in [1.82, 2.24) is 4.98 Å². The van der Waals surface area contributed by atoms with Crippen LogP contribution in [0.2, 0.25) is 0 Å². The fourth-order valence-corrected chi connectivity index (χ4v) is 3.38. The third kappa shape index (κ3) is 3.33. The number of carbonyl (C=O) groups is 1. The third-order valence-corrected chi connectivity index (χ3v) is 4.85. The standard InChI is InChI=1S/C21H21N3O2/c1-15-7-8-17(13-19(15)21-22-10-12-26-21)23-20(25)16-9-11-24(14-16)18-5-3-2-4-6-18/h2-8,10,12-13,16H,9,11,14H2,1H3,(H,23,25). The van der Waals surface area contributed by atoms with Crippen LogP contribution in [0, 0.1) is 12.8 Å². The number of para-hydroxylation sites is 1. The Morgan fingerprint density at radius 1 is 1.23 bits per heavy atom. The van der Waals surface area contributed by atoms with Crippen molar-refractivity contribution >= 4 is 17.3 Å². The molecule has 1 saturated heterocycles. The smallest absolute Gasteiger partial charge is 0.229 e. The molecule has 2 aromatic carbocycles. The van der Waals surface area contributed by atoms with E-state index in [0.717, 1.165) is 36.3 Å². The predicted molar refractivity (Wildman–Crippen MR) is 102 cm³/mol. The highest BCUT2D eigenvalue weighted by Gasteiger charge is 2.28. The van der Waals surface area contributed by atoms with Crippen molar-refractivity contribution in [2.45, 2.75) is 13.3 Å². The number of benzene rings is 2. The van der Waals surface area contributed by atoms with Crippen molar-refractivity contribution < 1.29 is 9.21 Å². The number of aromatic nitrogens is 1. The minimum absolute atomic E-state index is 0.0123. The molecular weight excluding hydrogens is 326 g/mol. The average Bonchev–Trinajstić information content (AvgIpc) is 3.36. The van der Waals surface area contributed by atoms with Gasteiger partial charge in [-0.15, -0.1) is 0 Å². The van der Waals surface area contributed by atoms with Gasteiger partial charge in [-0.05, 0) is 43.2 Å². The molecule has 5 heteroatoms. The largest absolute Gasteiger partial charge is 0.445 e. The Kier molecular flexibility index (Phi) is 4.44. The first-order valence-electron chi connectivity index (χ1n) is 8.82. The van der Waals surface area contributed by atoms with Gasteiger partial charge in [0.1, 0.15) is 6.26 Å². The molecule has 0 aliphatic carbocycles. The van der Waals surface area contributed by atoms with Crippen LogP contribution in [0.25, 0.3) is 11.5 Å². The van der Waals surface area contributed by atoms with Crippen LogP contribution in [-0.4, -0.2) is 24.0 Å². The maximum absolute atomic E-state index is 12.7. The summed E-state index contributed by atoms with van der Waals surface area (Å²) in [5.74, 6) is 0.613. The summed E-state index contributed by atoms with van der Waals surface area (Å²) in [5, 5.41) is 3.05. The van der Waals surface area contributed by atoms with Crippen LogP contribution in [0.3, 0.4) is 0 Å². The maximum Gasteiger partial charge on any atom is 0.229 e. The lowest BCUT2D eigenvalue weighted by molar-refractivity contribution is -0.119. The molecule has 1 N–H and O–H groups in total. The quantitative estimate of drug-likeness (QED) is 0.771. The maximum atomic E-state index is 12.7. The van der Waals surface area contributed by atoms with E-state index < -0.39 is 0 Å². The van der Waals surface area contributed by atoms with E-state index in [-0.39, 0.29) is 11.8 Å². The monoisotopic (exact) mass is 347 g/mol. The Balaban J connectivity index is 1.45. The van der Waals surface area contributed by atoms with Gasteiger partial charge >= 0.3 is 0 Å². The lowest BCUT2D eigenvalue weighted by Gasteiger charge is -2.18. The lowest BCUT2D eigenvalue weighted by atomic mass is 10.1. The van der Waals surface area contributed by atoms with Gasteiger partial charge in [0, 0.05) is 30.0 Å². The number of nitrogens with zero attached hydrogens (tertiary/aromatic N) is 2. The molecule has 1 aliphatic heterocycles. The molecular formula is C21H21N3O2. The second-order valence-electron chi connectivity index (χ2n) is 6.62. The number of hydrogen-bond acceptors (Lipinski definition) is 4. The van der Waals surface area contributed by atoms with Crippen LogP contribution in [0.1, 0.15) is 12.0 Å². The van der Waals surface area contributed by atoms with E-state index in [9.17, 15) is 4.79 Å². The summed E-state index contributed by atoms with van der Waals surface area (Å²) in [7, 11) is 0. The summed E-state index contributed by atoms with van der Waals surface area (Å²) in [4.78, 5) is 19.2. The van der Waals surface area contributed by atoms with E-state index >= 15 is 0 Å². The van der Waals surface area contributed by atoms with Crippen molar-refractivity contribution in [2.24, 2.45) is 5.92 Å². The van der Waals surface area contributed by atoms with Gasteiger partial charge in [-0.3, -0.25) is 4.79 Å². The number of anilines is 2. The molecule has 1 amide bonds. The molecule has 1 unspecified atom stereocenters. The number of amides is 1. The van der Waals surface area contributed by atoms with E-state index in [1.54, 1.807) is 12.5 Å². The molecule has 1 aromatic heterocycles. The summed E-state index contributed by atoms with van der Waals surface area (Å²) in [5.41, 5.74) is 3.89. The molecule has 5 nitrogen and oxygen atoms in total. The average molecular weight is 347 g/mol. The minimum Gasteiger partial charge on any atom is -0.445 e. The molecule has 26 heavy (non-hydrogen) atoms. The van der Waals surface area contributed by atoms with E-state index in [1.165, 1.54) is 5.69 Å². The molecule has 132 valence electrons. The third-order valence-electron chi connectivity index (χ3n) is 4.85. The molecule has 4 rings (SSSR count). The SMILES string of the molecule is Cc1ccc(NC(=O)C2CCN(c3ccccc3)C2)cc1-c1ncco1. The van der Waals surface area contributed by atoms with Gasteiger partial charge in [0.15, 0.2) is 0 Å². The first kappa shape index (κ1) is 16.4. The summed E-state index contributed by atoms with van der Waals surface area (Å²) in [6.07, 6.45) is 4.03. The van der Waals surface area contributed by atoms with Crippen LogP contribution in [0.5, 0.6) is 0 Å². The van der Waals surface area contributed by atoms with Crippen LogP contribution in [-0.2, 0) is 4.79 Å². The van der Waals surface area contributed by atoms with Gasteiger partial charge in [0.05, 0.1) is 12.1 Å². The van der Waals surface area contributed by atoms with Crippen LogP contribution in [0.15, 0.2) is 65.4 Å². The minimum atomic E-state index is -0.0123. The highest BCUT2D eigenvalue weighted by atomic mass is 16.3. The zero-order valence-corrected chi connectivity index (χ0v) is 14.7. The van der Waals surface area contributed by atoms with Gasteiger partial charge in [-0.2, -0.15) is 0 Å². The highest BCUT2D eigenvalue weighted by Crippen LogP contribution is 2.27. The fraction of sp³-hybridized carbons (Fsp3) is 0.238.